The Balaban J connectivity index is 1.82. The molecule has 10 heteroatoms. The SMILES string of the molecule is C[C@@H]1OC(=O)N(CCSc2nc(C(=O)O)cs2)[C@H]1/C=C/CC(C)(O)CCCCCCF. The Labute approximate surface area is 190 Å². The Morgan fingerprint density at radius 1 is 1.42 bits per heavy atom. The van der Waals surface area contributed by atoms with E-state index in [4.69, 9.17) is 9.84 Å². The molecule has 2 rings (SSSR count). The predicted octanol–water partition coefficient (Wildman–Crippen LogP) is 4.76. The highest BCUT2D eigenvalue weighted by Gasteiger charge is 2.37. The standard InChI is InChI=1S/C21H31FN2O5S2/c1-15-17(8-7-10-21(2,28)9-5-3-4-6-11-22)24(20(27)29-15)12-13-30-19-23-16(14-31-19)18(25)26/h7-8,14-15,17,28H,3-6,9-13H2,1-2H3,(H,25,26)/b8-7+/t15-,17-,21?/m0/s1. The fourth-order valence-electron chi connectivity index (χ4n) is 3.34. The van der Waals surface area contributed by atoms with E-state index in [1.807, 2.05) is 19.1 Å². The molecule has 0 saturated carbocycles. The Kier molecular flexibility index (Phi) is 10.2. The van der Waals surface area contributed by atoms with Gasteiger partial charge in [-0.2, -0.15) is 0 Å². The summed E-state index contributed by atoms with van der Waals surface area (Å²) in [5.41, 5.74) is -0.816. The molecular weight excluding hydrogens is 443 g/mol. The van der Waals surface area contributed by atoms with E-state index in [2.05, 4.69) is 4.98 Å². The number of amides is 1. The van der Waals surface area contributed by atoms with Crippen molar-refractivity contribution in [3.8, 4) is 0 Å². The number of carbonyl (C=O) groups excluding carboxylic acids is 1. The number of hydrogen-bond acceptors (Lipinski definition) is 7. The number of carbonyl (C=O) groups is 2. The first-order valence-corrected chi connectivity index (χ1v) is 12.3. The quantitative estimate of drug-likeness (QED) is 0.228. The monoisotopic (exact) mass is 474 g/mol. The van der Waals surface area contributed by atoms with Gasteiger partial charge in [-0.1, -0.05) is 43.2 Å². The lowest BCUT2D eigenvalue weighted by Crippen LogP contribution is -2.36. The van der Waals surface area contributed by atoms with Crippen molar-refractivity contribution in [3.63, 3.8) is 0 Å². The zero-order valence-corrected chi connectivity index (χ0v) is 19.6. The van der Waals surface area contributed by atoms with Crippen LogP contribution in [0.25, 0.3) is 0 Å². The summed E-state index contributed by atoms with van der Waals surface area (Å²) in [6, 6.07) is -0.223. The second-order valence-corrected chi connectivity index (χ2v) is 10.1. The van der Waals surface area contributed by atoms with Crippen molar-refractivity contribution in [2.24, 2.45) is 0 Å². The maximum Gasteiger partial charge on any atom is 0.410 e. The Morgan fingerprint density at radius 3 is 2.84 bits per heavy atom. The zero-order chi connectivity index (χ0) is 22.9. The number of aromatic nitrogens is 1. The summed E-state index contributed by atoms with van der Waals surface area (Å²) in [4.78, 5) is 28.8. The average molecular weight is 475 g/mol. The molecule has 1 aliphatic heterocycles. The van der Waals surface area contributed by atoms with Crippen LogP contribution in [-0.4, -0.2) is 68.9 Å². The number of cyclic esters (lactones) is 1. The van der Waals surface area contributed by atoms with Gasteiger partial charge in [-0.3, -0.25) is 9.29 Å². The molecule has 2 heterocycles. The predicted molar refractivity (Wildman–Crippen MR) is 120 cm³/mol. The molecule has 7 nitrogen and oxygen atoms in total. The highest BCUT2D eigenvalue weighted by atomic mass is 32.2. The molecule has 0 bridgehead atoms. The number of unbranched alkanes of at least 4 members (excludes halogenated alkanes) is 3. The van der Waals surface area contributed by atoms with E-state index < -0.39 is 11.6 Å². The molecule has 2 N–H and O–H groups in total. The molecule has 0 spiro atoms. The van der Waals surface area contributed by atoms with Crippen LogP contribution >= 0.6 is 23.1 Å². The molecule has 1 amide bonds. The number of halogens is 1. The number of aromatic carboxylic acids is 1. The molecule has 31 heavy (non-hydrogen) atoms. The minimum absolute atomic E-state index is 0.0250. The smallest absolute Gasteiger partial charge is 0.410 e. The number of rotatable bonds is 14. The van der Waals surface area contributed by atoms with Gasteiger partial charge in [0.2, 0.25) is 0 Å². The largest absolute Gasteiger partial charge is 0.476 e. The van der Waals surface area contributed by atoms with Crippen LogP contribution < -0.4 is 0 Å². The molecule has 1 saturated heterocycles. The van der Waals surface area contributed by atoms with Crippen molar-refractivity contribution >= 4 is 35.2 Å². The van der Waals surface area contributed by atoms with Crippen molar-refractivity contribution in [1.82, 2.24) is 9.88 Å². The molecule has 0 aromatic carbocycles. The van der Waals surface area contributed by atoms with E-state index in [1.54, 1.807) is 11.8 Å². The Bertz CT molecular complexity index is 756. The molecule has 1 unspecified atom stereocenters. The Morgan fingerprint density at radius 2 is 2.16 bits per heavy atom. The van der Waals surface area contributed by atoms with Crippen molar-refractivity contribution in [3.05, 3.63) is 23.2 Å². The van der Waals surface area contributed by atoms with Gasteiger partial charge in [0.15, 0.2) is 10.0 Å². The third-order valence-corrected chi connectivity index (χ3v) is 7.11. The van der Waals surface area contributed by atoms with E-state index in [0.717, 1.165) is 19.3 Å². The van der Waals surface area contributed by atoms with Crippen LogP contribution in [0.3, 0.4) is 0 Å². The topological polar surface area (TPSA) is 100.0 Å². The van der Waals surface area contributed by atoms with E-state index in [1.165, 1.54) is 28.5 Å². The second-order valence-electron chi connectivity index (χ2n) is 7.91. The molecule has 1 aliphatic rings. The lowest BCUT2D eigenvalue weighted by Gasteiger charge is -2.23. The third-order valence-electron chi connectivity index (χ3n) is 5.11. The van der Waals surface area contributed by atoms with Crippen molar-refractivity contribution in [2.45, 2.75) is 74.5 Å². The molecular formula is C21H31FN2O5S2. The molecule has 1 aromatic rings. The van der Waals surface area contributed by atoms with Gasteiger partial charge in [-0.15, -0.1) is 11.3 Å². The van der Waals surface area contributed by atoms with Crippen LogP contribution in [-0.2, 0) is 4.74 Å². The van der Waals surface area contributed by atoms with Crippen molar-refractivity contribution in [1.29, 1.82) is 0 Å². The molecule has 0 radical (unpaired) electrons. The first-order chi connectivity index (χ1) is 14.7. The molecule has 1 aromatic heterocycles. The van der Waals surface area contributed by atoms with Gasteiger partial charge >= 0.3 is 12.1 Å². The van der Waals surface area contributed by atoms with Gasteiger partial charge in [0, 0.05) is 17.7 Å². The number of ether oxygens (including phenoxy) is 1. The van der Waals surface area contributed by atoms with Crippen LogP contribution in [0.1, 0.15) is 62.9 Å². The highest BCUT2D eigenvalue weighted by molar-refractivity contribution is 8.01. The number of nitrogens with zero attached hydrogens (tertiary/aromatic N) is 2. The zero-order valence-electron chi connectivity index (χ0n) is 18.0. The Hall–Kier alpha value is -1.65. The van der Waals surface area contributed by atoms with E-state index in [-0.39, 0.29) is 30.6 Å². The van der Waals surface area contributed by atoms with Crippen LogP contribution in [0.5, 0.6) is 0 Å². The molecule has 174 valence electrons. The van der Waals surface area contributed by atoms with Crippen molar-refractivity contribution in [2.75, 3.05) is 19.0 Å². The minimum atomic E-state index is -1.05. The summed E-state index contributed by atoms with van der Waals surface area (Å²) in [7, 11) is 0. The van der Waals surface area contributed by atoms with Gasteiger partial charge < -0.3 is 14.9 Å². The average Bonchev–Trinajstić information content (AvgIpc) is 3.27. The normalized spacial score (nSPS) is 20.9. The summed E-state index contributed by atoms with van der Waals surface area (Å²) in [5.74, 6) is -0.490. The maximum absolute atomic E-state index is 12.2. The van der Waals surface area contributed by atoms with Gasteiger partial charge in [0.25, 0.3) is 0 Å². The summed E-state index contributed by atoms with van der Waals surface area (Å²) in [6.07, 6.45) is 7.41. The van der Waals surface area contributed by atoms with Crippen molar-refractivity contribution < 1.29 is 28.9 Å². The summed E-state index contributed by atoms with van der Waals surface area (Å²) < 4.78 is 18.1. The number of aliphatic hydroxyl groups is 1. The van der Waals surface area contributed by atoms with Gasteiger partial charge in [0.05, 0.1) is 18.3 Å². The van der Waals surface area contributed by atoms with Crippen LogP contribution in [0.15, 0.2) is 21.9 Å². The van der Waals surface area contributed by atoms with Crippen LogP contribution in [0.4, 0.5) is 9.18 Å². The third kappa shape index (κ3) is 8.42. The number of thiazole rings is 1. The van der Waals surface area contributed by atoms with Crippen LogP contribution in [0, 0.1) is 0 Å². The fourth-order valence-corrected chi connectivity index (χ4v) is 5.15. The fraction of sp³-hybridized carbons (Fsp3) is 0.667. The van der Waals surface area contributed by atoms with Gasteiger partial charge in [-0.05, 0) is 33.1 Å². The van der Waals surface area contributed by atoms with Crippen LogP contribution in [0.2, 0.25) is 0 Å². The lowest BCUT2D eigenvalue weighted by molar-refractivity contribution is 0.0509. The maximum atomic E-state index is 12.2. The molecule has 3 atom stereocenters. The van der Waals surface area contributed by atoms with E-state index in [0.29, 0.717) is 35.9 Å². The summed E-state index contributed by atoms with van der Waals surface area (Å²) in [6.45, 7) is 3.78. The van der Waals surface area contributed by atoms with E-state index in [9.17, 15) is 19.1 Å². The van der Waals surface area contributed by atoms with Gasteiger partial charge in [-0.25, -0.2) is 14.6 Å². The minimum Gasteiger partial charge on any atom is -0.476 e. The number of carboxylic acid groups (broad SMARTS) is 1. The first-order valence-electron chi connectivity index (χ1n) is 10.5. The number of carboxylic acids is 1. The highest BCUT2D eigenvalue weighted by Crippen LogP contribution is 2.26. The van der Waals surface area contributed by atoms with E-state index >= 15 is 0 Å². The molecule has 1 fully saturated rings. The number of hydrogen-bond donors (Lipinski definition) is 2. The summed E-state index contributed by atoms with van der Waals surface area (Å²) >= 11 is 2.67. The number of thioether (sulfide) groups is 1. The summed E-state index contributed by atoms with van der Waals surface area (Å²) in [5, 5.41) is 21.0. The number of alkyl halides is 1. The molecule has 0 aliphatic carbocycles. The first kappa shape index (κ1) is 25.6. The van der Waals surface area contributed by atoms with Gasteiger partial charge in [0.1, 0.15) is 6.10 Å². The lowest BCUT2D eigenvalue weighted by atomic mass is 9.94. The second kappa shape index (κ2) is 12.4.